The second kappa shape index (κ2) is 14.9. The Bertz CT molecular complexity index is 2040. The number of primary amides is 1. The van der Waals surface area contributed by atoms with E-state index in [1.165, 1.54) is 6.42 Å². The van der Waals surface area contributed by atoms with Gasteiger partial charge in [-0.15, -0.1) is 10.2 Å². The third-order valence-corrected chi connectivity index (χ3v) is 11.3. The molecule has 17 nitrogen and oxygen atoms in total. The average Bonchev–Trinajstić information content (AvgIpc) is 3.46. The molecule has 6 heterocycles. The van der Waals surface area contributed by atoms with Gasteiger partial charge in [0.1, 0.15) is 6.04 Å². The number of hydrogen-bond donors (Lipinski definition) is 3. The molecular weight excluding hydrogens is 706 g/mol. The zero-order chi connectivity index (χ0) is 38.2. The number of benzene rings is 2. The summed E-state index contributed by atoms with van der Waals surface area (Å²) in [6, 6.07) is 11.9. The van der Waals surface area contributed by atoms with Gasteiger partial charge in [-0.25, -0.2) is 0 Å². The van der Waals surface area contributed by atoms with Crippen molar-refractivity contribution in [3.8, 4) is 0 Å². The zero-order valence-electron chi connectivity index (χ0n) is 30.4. The molecule has 3 aromatic rings. The van der Waals surface area contributed by atoms with Gasteiger partial charge >= 0.3 is 0 Å². The fourth-order valence-electron chi connectivity index (χ4n) is 8.17. The zero-order valence-corrected chi connectivity index (χ0v) is 30.4. The molecule has 0 bridgehead atoms. The molecule has 1 unspecified atom stereocenters. The molecule has 5 aliphatic rings. The highest BCUT2D eigenvalue weighted by Crippen LogP contribution is 2.32. The van der Waals surface area contributed by atoms with E-state index in [0.717, 1.165) is 73.8 Å². The Labute approximate surface area is 317 Å². The molecule has 17 heteroatoms. The highest BCUT2D eigenvalue weighted by Gasteiger charge is 2.45. The van der Waals surface area contributed by atoms with E-state index < -0.39 is 35.6 Å². The van der Waals surface area contributed by atoms with Gasteiger partial charge in [-0.3, -0.25) is 39.0 Å². The Morgan fingerprint density at radius 2 is 1.40 bits per heavy atom. The molecular formula is C38H43N11O6. The molecule has 1 atom stereocenters. The van der Waals surface area contributed by atoms with Crippen LogP contribution in [-0.4, -0.2) is 119 Å². The van der Waals surface area contributed by atoms with Crippen molar-refractivity contribution < 1.29 is 28.8 Å². The van der Waals surface area contributed by atoms with E-state index in [0.29, 0.717) is 32.1 Å². The van der Waals surface area contributed by atoms with E-state index in [1.807, 2.05) is 29.2 Å². The largest absolute Gasteiger partial charge is 0.371 e. The van der Waals surface area contributed by atoms with E-state index in [2.05, 4.69) is 40.5 Å². The Hall–Kier alpha value is -6.13. The van der Waals surface area contributed by atoms with E-state index in [9.17, 15) is 28.8 Å². The van der Waals surface area contributed by atoms with E-state index in [1.54, 1.807) is 18.2 Å². The summed E-state index contributed by atoms with van der Waals surface area (Å²) in [7, 11) is 0. The minimum absolute atomic E-state index is 0.0181. The predicted octanol–water partition coefficient (Wildman–Crippen LogP) is 1.67. The summed E-state index contributed by atoms with van der Waals surface area (Å²) in [5, 5.41) is 13.6. The Morgan fingerprint density at radius 3 is 2.09 bits per heavy atom. The third-order valence-electron chi connectivity index (χ3n) is 11.3. The van der Waals surface area contributed by atoms with Gasteiger partial charge in [0.2, 0.25) is 23.7 Å². The maximum atomic E-state index is 13.6. The number of anilines is 5. The van der Waals surface area contributed by atoms with Gasteiger partial charge in [0.05, 0.1) is 11.1 Å². The van der Waals surface area contributed by atoms with Gasteiger partial charge in [-0.05, 0) is 81.0 Å². The fraction of sp³-hybridized carbons (Fsp3) is 0.447. The minimum Gasteiger partial charge on any atom is -0.371 e. The number of aromatic nitrogens is 3. The lowest BCUT2D eigenvalue weighted by molar-refractivity contribution is -0.137. The normalized spacial score (nSPS) is 20.8. The molecule has 4 N–H and O–H groups in total. The lowest BCUT2D eigenvalue weighted by atomic mass is 9.94. The number of rotatable bonds is 8. The predicted molar refractivity (Wildman–Crippen MR) is 201 cm³/mol. The number of carbonyl (C=O) groups excluding carboxylic acids is 6. The number of imide groups is 2. The van der Waals surface area contributed by atoms with Gasteiger partial charge < -0.3 is 30.7 Å². The molecule has 55 heavy (non-hydrogen) atoms. The van der Waals surface area contributed by atoms with Gasteiger partial charge in [0.25, 0.3) is 17.7 Å². The van der Waals surface area contributed by atoms with E-state index >= 15 is 0 Å². The molecule has 0 saturated carbocycles. The molecule has 0 radical (unpaired) electrons. The number of nitrogens with two attached hydrogens (primary N) is 1. The molecule has 5 aliphatic heterocycles. The smallest absolute Gasteiger partial charge is 0.273 e. The van der Waals surface area contributed by atoms with Gasteiger partial charge in [-0.2, -0.15) is 4.98 Å². The molecule has 286 valence electrons. The summed E-state index contributed by atoms with van der Waals surface area (Å²) in [4.78, 5) is 90.0. The molecule has 6 amide bonds. The lowest BCUT2D eigenvalue weighted by Gasteiger charge is -2.39. The molecule has 2 aromatic carbocycles. The van der Waals surface area contributed by atoms with Crippen molar-refractivity contribution in [2.75, 3.05) is 72.4 Å². The number of carbonyl (C=O) groups is 6. The first-order valence-electron chi connectivity index (χ1n) is 19.0. The van der Waals surface area contributed by atoms with Crippen LogP contribution in [0.5, 0.6) is 0 Å². The third kappa shape index (κ3) is 7.13. The minimum atomic E-state index is -1.01. The quantitative estimate of drug-likeness (QED) is 0.281. The second-order valence-corrected chi connectivity index (χ2v) is 14.6. The maximum Gasteiger partial charge on any atom is 0.273 e. The summed E-state index contributed by atoms with van der Waals surface area (Å²) in [6.45, 7) is 5.39. The van der Waals surface area contributed by atoms with Crippen molar-refractivity contribution >= 4 is 64.3 Å². The average molecular weight is 750 g/mol. The summed E-state index contributed by atoms with van der Waals surface area (Å²) >= 11 is 0. The highest BCUT2D eigenvalue weighted by atomic mass is 16.2. The lowest BCUT2D eigenvalue weighted by Crippen LogP contribution is -2.54. The molecule has 0 spiro atoms. The van der Waals surface area contributed by atoms with Crippen LogP contribution < -0.4 is 31.1 Å². The van der Waals surface area contributed by atoms with Crippen molar-refractivity contribution in [2.24, 2.45) is 11.7 Å². The molecule has 0 aliphatic carbocycles. The van der Waals surface area contributed by atoms with Crippen LogP contribution in [0.25, 0.3) is 0 Å². The van der Waals surface area contributed by atoms with Crippen LogP contribution in [0.1, 0.15) is 76.2 Å². The molecule has 4 fully saturated rings. The van der Waals surface area contributed by atoms with Gasteiger partial charge in [0, 0.05) is 81.8 Å². The summed E-state index contributed by atoms with van der Waals surface area (Å²) in [5.74, 6) is -2.00. The van der Waals surface area contributed by atoms with Crippen LogP contribution in [0.15, 0.2) is 42.5 Å². The van der Waals surface area contributed by atoms with Crippen molar-refractivity contribution in [2.45, 2.75) is 51.0 Å². The first-order chi connectivity index (χ1) is 26.6. The molecule has 8 rings (SSSR count). The van der Waals surface area contributed by atoms with Crippen molar-refractivity contribution in [1.82, 2.24) is 30.3 Å². The Balaban J connectivity index is 0.832. The maximum absolute atomic E-state index is 13.6. The number of fused-ring (bicyclic) bond motifs is 1. The van der Waals surface area contributed by atoms with E-state index in [-0.39, 0.29) is 47.3 Å². The fourth-order valence-corrected chi connectivity index (χ4v) is 8.17. The van der Waals surface area contributed by atoms with Crippen LogP contribution in [-0.2, 0) is 14.4 Å². The molecule has 1 aromatic heterocycles. The highest BCUT2D eigenvalue weighted by molar-refractivity contribution is 6.23. The number of hydrogen-bond acceptors (Lipinski definition) is 13. The number of piperazine rings is 1. The van der Waals surface area contributed by atoms with Crippen molar-refractivity contribution in [3.63, 3.8) is 0 Å². The second-order valence-electron chi connectivity index (χ2n) is 14.6. The Morgan fingerprint density at radius 1 is 0.727 bits per heavy atom. The first kappa shape index (κ1) is 35.9. The summed E-state index contributed by atoms with van der Waals surface area (Å²) in [6.07, 6.45) is 4.91. The number of amides is 6. The monoisotopic (exact) mass is 749 g/mol. The Kier molecular flexibility index (Phi) is 9.75. The van der Waals surface area contributed by atoms with E-state index in [4.69, 9.17) is 5.73 Å². The summed E-state index contributed by atoms with van der Waals surface area (Å²) < 4.78 is 0. The summed E-state index contributed by atoms with van der Waals surface area (Å²) in [5.41, 5.74) is 8.58. The topological polar surface area (TPSA) is 207 Å². The van der Waals surface area contributed by atoms with Crippen LogP contribution in [0.2, 0.25) is 0 Å². The number of piperidine rings is 3. The van der Waals surface area contributed by atoms with Crippen LogP contribution >= 0.6 is 0 Å². The van der Waals surface area contributed by atoms with Crippen molar-refractivity contribution in [1.29, 1.82) is 0 Å². The number of nitrogens with zero attached hydrogens (tertiary/aromatic N) is 8. The SMILES string of the molecule is NC(=O)c1nnc(N2CCCCC2)nc1Nc1ccc(N2CCC(C(=O)N3CCN(c4ccc5c(c4)C(=O)N(C4CCC(=O)NC4=O)C5=O)CC3)CC2)cc1. The first-order valence-corrected chi connectivity index (χ1v) is 19.0. The van der Waals surface area contributed by atoms with Crippen molar-refractivity contribution in [3.05, 3.63) is 59.3 Å². The standard InChI is InChI=1S/C38H43N11O6/c39-32(51)31-33(42-38(44-43-31)48-14-2-1-3-15-48)40-24-4-6-25(7-5-24)45-16-12-23(13-17-45)35(53)47-20-18-46(19-21-47)26-8-9-27-28(22-26)37(55)49(36(27)54)29-10-11-30(50)41-34(29)52/h4-9,22-23,29H,1-3,10-21H2,(H2,39,51)(H,40,42,44)(H,41,50,52). The van der Waals surface area contributed by atoms with Crippen LogP contribution in [0, 0.1) is 5.92 Å². The van der Waals surface area contributed by atoms with Gasteiger partial charge in [0.15, 0.2) is 11.5 Å². The van der Waals surface area contributed by atoms with Crippen LogP contribution in [0.4, 0.5) is 28.8 Å². The van der Waals surface area contributed by atoms with Crippen LogP contribution in [0.3, 0.4) is 0 Å². The van der Waals surface area contributed by atoms with Gasteiger partial charge in [-0.1, -0.05) is 0 Å². The molecule has 4 saturated heterocycles. The number of nitrogens with one attached hydrogen (secondary N) is 2.